The van der Waals surface area contributed by atoms with Gasteiger partial charge in [0.15, 0.2) is 0 Å². The van der Waals surface area contributed by atoms with Gasteiger partial charge < -0.3 is 10.1 Å². The van der Waals surface area contributed by atoms with E-state index in [4.69, 9.17) is 4.74 Å². The molecule has 0 atom stereocenters. The summed E-state index contributed by atoms with van der Waals surface area (Å²) in [6.45, 7) is 1.70. The van der Waals surface area contributed by atoms with Gasteiger partial charge in [0.05, 0.1) is 22.7 Å². The topological polar surface area (TPSA) is 136 Å². The normalized spacial score (nSPS) is 12.5. The molecule has 0 saturated carbocycles. The van der Waals surface area contributed by atoms with Crippen LogP contribution in [0.4, 0.5) is 11.4 Å². The Labute approximate surface area is 176 Å². The van der Waals surface area contributed by atoms with Crippen molar-refractivity contribution in [3.63, 3.8) is 0 Å². The fourth-order valence-corrected chi connectivity index (χ4v) is 3.04. The molecule has 1 aliphatic heterocycles. The van der Waals surface area contributed by atoms with Crippen molar-refractivity contribution in [2.45, 2.75) is 19.8 Å². The minimum absolute atomic E-state index is 0.113. The molecule has 0 bridgehead atoms. The second kappa shape index (κ2) is 9.16. The average Bonchev–Trinajstić information content (AvgIpc) is 2.99. The summed E-state index contributed by atoms with van der Waals surface area (Å²) in [5.41, 5.74) is -0.256. The van der Waals surface area contributed by atoms with Crippen molar-refractivity contribution in [3.8, 4) is 0 Å². The number of carbonyl (C=O) groups is 4. The molecule has 0 saturated heterocycles. The van der Waals surface area contributed by atoms with Gasteiger partial charge in [0.1, 0.15) is 12.1 Å². The third-order valence-corrected chi connectivity index (χ3v) is 4.61. The van der Waals surface area contributed by atoms with E-state index in [9.17, 15) is 29.3 Å². The smallest absolute Gasteiger partial charge is 0.338 e. The van der Waals surface area contributed by atoms with Crippen LogP contribution in [0.2, 0.25) is 0 Å². The van der Waals surface area contributed by atoms with Crippen molar-refractivity contribution < 1.29 is 28.8 Å². The van der Waals surface area contributed by atoms with E-state index in [1.807, 2.05) is 6.92 Å². The number of ether oxygens (including phenoxy) is 1. The second-order valence-electron chi connectivity index (χ2n) is 6.77. The molecule has 3 amide bonds. The highest BCUT2D eigenvalue weighted by Gasteiger charge is 2.41. The fraction of sp³-hybridized carbons (Fsp3) is 0.238. The van der Waals surface area contributed by atoms with E-state index in [-0.39, 0.29) is 11.1 Å². The maximum absolute atomic E-state index is 12.5. The predicted octanol–water partition coefficient (Wildman–Crippen LogP) is 2.79. The van der Waals surface area contributed by atoms with E-state index in [1.165, 1.54) is 36.4 Å². The molecule has 0 radical (unpaired) electrons. The molecule has 1 heterocycles. The van der Waals surface area contributed by atoms with Crippen LogP contribution in [0.5, 0.6) is 0 Å². The van der Waals surface area contributed by atoms with Crippen molar-refractivity contribution in [2.75, 3.05) is 18.5 Å². The molecule has 160 valence electrons. The molecule has 1 aliphatic rings. The van der Waals surface area contributed by atoms with Gasteiger partial charge in [0.2, 0.25) is 5.91 Å². The van der Waals surface area contributed by atoms with Crippen molar-refractivity contribution in [1.82, 2.24) is 4.90 Å². The molecule has 2 aromatic rings. The third kappa shape index (κ3) is 4.58. The van der Waals surface area contributed by atoms with Gasteiger partial charge in [-0.15, -0.1) is 0 Å². The van der Waals surface area contributed by atoms with E-state index in [0.717, 1.165) is 18.9 Å². The summed E-state index contributed by atoms with van der Waals surface area (Å²) in [7, 11) is 0. The van der Waals surface area contributed by atoms with E-state index >= 15 is 0 Å². The van der Waals surface area contributed by atoms with Gasteiger partial charge in [-0.3, -0.25) is 29.4 Å². The lowest BCUT2D eigenvalue weighted by atomic mass is 10.1. The molecule has 10 heteroatoms. The zero-order valence-corrected chi connectivity index (χ0v) is 16.6. The molecule has 1 N–H and O–H groups in total. The summed E-state index contributed by atoms with van der Waals surface area (Å²) >= 11 is 0. The number of hydrogen-bond acceptors (Lipinski definition) is 7. The van der Waals surface area contributed by atoms with Crippen LogP contribution in [0.15, 0.2) is 42.5 Å². The first-order chi connectivity index (χ1) is 14.8. The number of nitrogens with one attached hydrogen (secondary N) is 1. The number of fused-ring (bicyclic) bond motifs is 1. The predicted molar refractivity (Wildman–Crippen MR) is 109 cm³/mol. The summed E-state index contributed by atoms with van der Waals surface area (Å²) in [6, 6.07) is 9.68. The van der Waals surface area contributed by atoms with Crippen LogP contribution >= 0.6 is 0 Å². The number of imide groups is 1. The molecule has 0 fully saturated rings. The number of nitrogens with zero attached hydrogens (tertiary/aromatic N) is 2. The highest BCUT2D eigenvalue weighted by molar-refractivity contribution is 6.24. The highest BCUT2D eigenvalue weighted by atomic mass is 16.6. The number of benzene rings is 2. The van der Waals surface area contributed by atoms with Gasteiger partial charge in [-0.05, 0) is 36.8 Å². The fourth-order valence-electron chi connectivity index (χ4n) is 3.04. The zero-order valence-electron chi connectivity index (χ0n) is 16.6. The molecule has 2 aromatic carbocycles. The molecule has 0 aromatic heterocycles. The Bertz CT molecular complexity index is 1060. The summed E-state index contributed by atoms with van der Waals surface area (Å²) in [5, 5.41) is 13.7. The Morgan fingerprint density at radius 2 is 1.81 bits per heavy atom. The minimum atomic E-state index is -0.896. The number of anilines is 1. The van der Waals surface area contributed by atoms with E-state index < -0.39 is 40.8 Å². The summed E-state index contributed by atoms with van der Waals surface area (Å²) in [4.78, 5) is 60.3. The lowest BCUT2D eigenvalue weighted by molar-refractivity contribution is -0.385. The van der Waals surface area contributed by atoms with Gasteiger partial charge in [-0.1, -0.05) is 19.4 Å². The van der Waals surface area contributed by atoms with Crippen LogP contribution in [-0.4, -0.2) is 46.7 Å². The summed E-state index contributed by atoms with van der Waals surface area (Å²) < 4.78 is 5.10. The molecule has 0 aliphatic carbocycles. The van der Waals surface area contributed by atoms with Crippen LogP contribution in [0.1, 0.15) is 50.8 Å². The number of hydrogen-bond donors (Lipinski definition) is 1. The summed E-state index contributed by atoms with van der Waals surface area (Å²) in [5.74, 6) is -2.81. The number of unbranched alkanes of at least 4 members (excludes halogenated alkanes) is 1. The maximum atomic E-state index is 12.5. The molecule has 3 rings (SSSR count). The highest BCUT2D eigenvalue weighted by Crippen LogP contribution is 2.30. The molecular weight excluding hydrogens is 406 g/mol. The number of nitro benzene ring substituents is 1. The lowest BCUT2D eigenvalue weighted by Crippen LogP contribution is -2.37. The van der Waals surface area contributed by atoms with Crippen molar-refractivity contribution in [2.24, 2.45) is 0 Å². The summed E-state index contributed by atoms with van der Waals surface area (Å²) in [6.07, 6.45) is 1.67. The van der Waals surface area contributed by atoms with Crippen LogP contribution in [0, 0.1) is 10.1 Å². The van der Waals surface area contributed by atoms with Crippen molar-refractivity contribution in [1.29, 1.82) is 0 Å². The molecular formula is C21H19N3O7. The van der Waals surface area contributed by atoms with Crippen molar-refractivity contribution in [3.05, 3.63) is 69.3 Å². The number of esters is 1. The van der Waals surface area contributed by atoms with E-state index in [0.29, 0.717) is 22.8 Å². The first-order valence-corrected chi connectivity index (χ1v) is 9.54. The van der Waals surface area contributed by atoms with E-state index in [1.54, 1.807) is 0 Å². The zero-order chi connectivity index (χ0) is 22.5. The monoisotopic (exact) mass is 425 g/mol. The quantitative estimate of drug-likeness (QED) is 0.226. The standard InChI is InChI=1S/C21H19N3O7/c1-2-3-11-31-21(28)13-7-9-14(10-8-13)22-17(25)12-23-19(26)15-5-4-6-16(24(29)30)18(15)20(23)27/h4-10H,2-3,11-12H2,1H3,(H,22,25). The second-order valence-corrected chi connectivity index (χ2v) is 6.77. The van der Waals surface area contributed by atoms with Gasteiger partial charge in [0.25, 0.3) is 17.5 Å². The molecule has 0 unspecified atom stereocenters. The molecule has 10 nitrogen and oxygen atoms in total. The lowest BCUT2D eigenvalue weighted by Gasteiger charge is -2.13. The number of carbonyl (C=O) groups excluding carboxylic acids is 4. The van der Waals surface area contributed by atoms with Crippen LogP contribution < -0.4 is 5.32 Å². The van der Waals surface area contributed by atoms with Crippen molar-refractivity contribution >= 4 is 35.1 Å². The largest absolute Gasteiger partial charge is 0.462 e. The number of amides is 3. The Balaban J connectivity index is 1.64. The van der Waals surface area contributed by atoms with E-state index in [2.05, 4.69) is 5.32 Å². The minimum Gasteiger partial charge on any atom is -0.462 e. The Morgan fingerprint density at radius 1 is 1.10 bits per heavy atom. The maximum Gasteiger partial charge on any atom is 0.338 e. The van der Waals surface area contributed by atoms with Gasteiger partial charge in [-0.25, -0.2) is 4.79 Å². The van der Waals surface area contributed by atoms with Crippen LogP contribution in [0.25, 0.3) is 0 Å². The van der Waals surface area contributed by atoms with Crippen LogP contribution in [-0.2, 0) is 9.53 Å². The SMILES string of the molecule is CCCCOC(=O)c1ccc(NC(=O)CN2C(=O)c3cccc([N+](=O)[O-])c3C2=O)cc1. The molecule has 0 spiro atoms. The number of rotatable bonds is 8. The molecule has 31 heavy (non-hydrogen) atoms. The Hall–Kier alpha value is -4.08. The van der Waals surface area contributed by atoms with Crippen LogP contribution in [0.3, 0.4) is 0 Å². The average molecular weight is 425 g/mol. The van der Waals surface area contributed by atoms with Gasteiger partial charge in [-0.2, -0.15) is 0 Å². The third-order valence-electron chi connectivity index (χ3n) is 4.61. The first-order valence-electron chi connectivity index (χ1n) is 9.54. The van der Waals surface area contributed by atoms with Gasteiger partial charge in [0, 0.05) is 11.8 Å². The Morgan fingerprint density at radius 3 is 2.45 bits per heavy atom. The first kappa shape index (κ1) is 21.6. The Kier molecular flexibility index (Phi) is 6.39. The number of nitro groups is 1. The van der Waals surface area contributed by atoms with Gasteiger partial charge >= 0.3 is 5.97 Å².